The van der Waals surface area contributed by atoms with E-state index >= 15 is 0 Å². The van der Waals surface area contributed by atoms with Crippen LogP contribution in [-0.2, 0) is 6.54 Å². The van der Waals surface area contributed by atoms with Crippen molar-refractivity contribution in [2.45, 2.75) is 64.1 Å². The molecule has 0 spiro atoms. The lowest BCUT2D eigenvalue weighted by atomic mass is 9.96. The molecule has 156 valence electrons. The number of hydrogen-bond acceptors (Lipinski definition) is 3. The number of hydrogen-bond donors (Lipinski definition) is 1. The molecule has 3 aliphatic rings. The maximum Gasteiger partial charge on any atom is 0.194 e. The van der Waals surface area contributed by atoms with Crippen molar-refractivity contribution in [1.82, 2.24) is 15.1 Å². The third kappa shape index (κ3) is 5.32. The number of rotatable bonds is 6. The van der Waals surface area contributed by atoms with Gasteiger partial charge in [-0.25, -0.2) is 4.99 Å². The molecule has 3 fully saturated rings. The van der Waals surface area contributed by atoms with Gasteiger partial charge in [-0.2, -0.15) is 0 Å². The minimum atomic E-state index is 0. The number of guanidine groups is 1. The van der Waals surface area contributed by atoms with Crippen LogP contribution in [0.25, 0.3) is 0 Å². The van der Waals surface area contributed by atoms with Crippen molar-refractivity contribution in [2.24, 2.45) is 4.99 Å². The SMILES string of the molecule is CCNC(=NCc1ccccc1OC1CCC1)N1CCC(N2CCCC2)C1.I. The molecule has 2 saturated heterocycles. The van der Waals surface area contributed by atoms with Gasteiger partial charge in [0.15, 0.2) is 5.96 Å². The number of nitrogens with one attached hydrogen (secondary N) is 1. The van der Waals surface area contributed by atoms with E-state index in [1.54, 1.807) is 0 Å². The average Bonchev–Trinajstić information content (AvgIpc) is 3.34. The predicted octanol–water partition coefficient (Wildman–Crippen LogP) is 3.87. The fraction of sp³-hybridized carbons (Fsp3) is 0.682. The molecule has 1 aromatic rings. The molecule has 6 heteroatoms. The fourth-order valence-electron chi connectivity index (χ4n) is 4.34. The first kappa shape index (κ1) is 21.7. The molecule has 0 radical (unpaired) electrons. The van der Waals surface area contributed by atoms with Crippen molar-refractivity contribution in [3.05, 3.63) is 29.8 Å². The highest BCUT2D eigenvalue weighted by Gasteiger charge is 2.30. The fourth-order valence-corrected chi connectivity index (χ4v) is 4.34. The van der Waals surface area contributed by atoms with Crippen molar-refractivity contribution >= 4 is 29.9 Å². The monoisotopic (exact) mass is 498 g/mol. The Morgan fingerprint density at radius 3 is 2.61 bits per heavy atom. The highest BCUT2D eigenvalue weighted by Crippen LogP contribution is 2.28. The summed E-state index contributed by atoms with van der Waals surface area (Å²) in [6, 6.07) is 9.09. The van der Waals surface area contributed by atoms with E-state index in [0.29, 0.717) is 18.7 Å². The van der Waals surface area contributed by atoms with Crippen LogP contribution in [0.1, 0.15) is 51.0 Å². The maximum absolute atomic E-state index is 6.17. The molecule has 1 saturated carbocycles. The lowest BCUT2D eigenvalue weighted by Gasteiger charge is -2.27. The number of halogens is 1. The summed E-state index contributed by atoms with van der Waals surface area (Å²) in [4.78, 5) is 10.1. The van der Waals surface area contributed by atoms with Gasteiger partial charge in [-0.15, -0.1) is 24.0 Å². The van der Waals surface area contributed by atoms with Gasteiger partial charge in [-0.3, -0.25) is 4.90 Å². The van der Waals surface area contributed by atoms with Crippen LogP contribution in [0, 0.1) is 0 Å². The molecule has 1 aliphatic carbocycles. The second-order valence-electron chi connectivity index (χ2n) is 8.08. The van der Waals surface area contributed by atoms with Crippen LogP contribution in [-0.4, -0.2) is 60.6 Å². The van der Waals surface area contributed by atoms with Crippen LogP contribution in [0.4, 0.5) is 0 Å². The normalized spacial score (nSPS) is 23.4. The lowest BCUT2D eigenvalue weighted by molar-refractivity contribution is 0.119. The van der Waals surface area contributed by atoms with Gasteiger partial charge >= 0.3 is 0 Å². The number of aliphatic imine (C=N–C) groups is 1. The van der Waals surface area contributed by atoms with Crippen LogP contribution in [0.2, 0.25) is 0 Å². The van der Waals surface area contributed by atoms with Crippen LogP contribution in [0.3, 0.4) is 0 Å². The molecule has 1 unspecified atom stereocenters. The lowest BCUT2D eigenvalue weighted by Crippen LogP contribution is -2.42. The summed E-state index contributed by atoms with van der Waals surface area (Å²) >= 11 is 0. The molecule has 0 bridgehead atoms. The smallest absolute Gasteiger partial charge is 0.194 e. The zero-order chi connectivity index (χ0) is 18.5. The number of ether oxygens (including phenoxy) is 1. The molecule has 2 heterocycles. The predicted molar refractivity (Wildman–Crippen MR) is 126 cm³/mol. The maximum atomic E-state index is 6.17. The molecule has 28 heavy (non-hydrogen) atoms. The Hall–Kier alpha value is -1.02. The Kier molecular flexibility index (Phi) is 8.26. The number of nitrogens with zero attached hydrogens (tertiary/aromatic N) is 3. The minimum Gasteiger partial charge on any atom is -0.490 e. The molecule has 1 aromatic carbocycles. The third-order valence-corrected chi connectivity index (χ3v) is 6.17. The Morgan fingerprint density at radius 2 is 1.89 bits per heavy atom. The zero-order valence-corrected chi connectivity index (χ0v) is 19.4. The number of likely N-dealkylation sites (tertiary alicyclic amines) is 2. The van der Waals surface area contributed by atoms with E-state index in [1.165, 1.54) is 57.2 Å². The van der Waals surface area contributed by atoms with E-state index in [-0.39, 0.29) is 24.0 Å². The molecule has 0 aromatic heterocycles. The van der Waals surface area contributed by atoms with E-state index in [1.807, 2.05) is 0 Å². The quantitative estimate of drug-likeness (QED) is 0.367. The topological polar surface area (TPSA) is 40.1 Å². The van der Waals surface area contributed by atoms with Gasteiger partial charge < -0.3 is 15.0 Å². The Balaban J connectivity index is 0.00000225. The Bertz CT molecular complexity index is 643. The van der Waals surface area contributed by atoms with Gasteiger partial charge in [0.1, 0.15) is 5.75 Å². The summed E-state index contributed by atoms with van der Waals surface area (Å²) in [6.45, 7) is 8.49. The summed E-state index contributed by atoms with van der Waals surface area (Å²) in [7, 11) is 0. The van der Waals surface area contributed by atoms with Crippen LogP contribution < -0.4 is 10.1 Å². The summed E-state index contributed by atoms with van der Waals surface area (Å²) < 4.78 is 6.17. The van der Waals surface area contributed by atoms with Gasteiger partial charge in [-0.05, 0) is 64.6 Å². The molecule has 0 amide bonds. The number of para-hydroxylation sites is 1. The molecule has 1 atom stereocenters. The molecule has 1 N–H and O–H groups in total. The van der Waals surface area contributed by atoms with Crippen molar-refractivity contribution in [3.8, 4) is 5.75 Å². The first-order valence-corrected chi connectivity index (χ1v) is 10.9. The van der Waals surface area contributed by atoms with Gasteiger partial charge in [-0.1, -0.05) is 18.2 Å². The van der Waals surface area contributed by atoms with Crippen molar-refractivity contribution in [1.29, 1.82) is 0 Å². The van der Waals surface area contributed by atoms with E-state index in [4.69, 9.17) is 9.73 Å². The van der Waals surface area contributed by atoms with Crippen molar-refractivity contribution in [3.63, 3.8) is 0 Å². The van der Waals surface area contributed by atoms with Gasteiger partial charge in [0, 0.05) is 31.2 Å². The van der Waals surface area contributed by atoms with Crippen LogP contribution >= 0.6 is 24.0 Å². The van der Waals surface area contributed by atoms with Crippen molar-refractivity contribution < 1.29 is 4.74 Å². The van der Waals surface area contributed by atoms with Gasteiger partial charge in [0.25, 0.3) is 0 Å². The van der Waals surface area contributed by atoms with E-state index < -0.39 is 0 Å². The van der Waals surface area contributed by atoms with E-state index in [2.05, 4.69) is 46.3 Å². The van der Waals surface area contributed by atoms with Crippen LogP contribution in [0.5, 0.6) is 5.75 Å². The molecule has 2 aliphatic heterocycles. The first-order chi connectivity index (χ1) is 13.3. The molecule has 5 nitrogen and oxygen atoms in total. The Labute approximate surface area is 186 Å². The largest absolute Gasteiger partial charge is 0.490 e. The number of benzene rings is 1. The second-order valence-corrected chi connectivity index (χ2v) is 8.08. The summed E-state index contributed by atoms with van der Waals surface area (Å²) in [6.07, 6.45) is 8.06. The minimum absolute atomic E-state index is 0. The summed E-state index contributed by atoms with van der Waals surface area (Å²) in [5.41, 5.74) is 1.19. The van der Waals surface area contributed by atoms with Gasteiger partial charge in [0.2, 0.25) is 0 Å². The second kappa shape index (κ2) is 10.7. The summed E-state index contributed by atoms with van der Waals surface area (Å²) in [5.74, 6) is 2.07. The van der Waals surface area contributed by atoms with E-state index in [0.717, 1.165) is 31.3 Å². The third-order valence-electron chi connectivity index (χ3n) is 6.17. The summed E-state index contributed by atoms with van der Waals surface area (Å²) in [5, 5.41) is 3.51. The molecule has 4 rings (SSSR count). The van der Waals surface area contributed by atoms with Gasteiger partial charge in [0.05, 0.1) is 12.6 Å². The highest BCUT2D eigenvalue weighted by atomic mass is 127. The first-order valence-electron chi connectivity index (χ1n) is 10.9. The molecular weight excluding hydrogens is 463 g/mol. The van der Waals surface area contributed by atoms with E-state index in [9.17, 15) is 0 Å². The highest BCUT2D eigenvalue weighted by molar-refractivity contribution is 14.0. The zero-order valence-electron chi connectivity index (χ0n) is 17.1. The molecular formula is C22H35IN4O. The van der Waals surface area contributed by atoms with Crippen molar-refractivity contribution in [2.75, 3.05) is 32.7 Å². The Morgan fingerprint density at radius 1 is 1.11 bits per heavy atom. The standard InChI is InChI=1S/C22H34N4O.HI/c1-2-23-22(26-15-12-19(17-26)25-13-5-6-14-25)24-16-18-8-3-4-11-21(18)27-20-9-7-10-20;/h3-4,8,11,19-20H,2,5-7,9-10,12-17H2,1H3,(H,23,24);1H. The van der Waals surface area contributed by atoms with Crippen LogP contribution in [0.15, 0.2) is 29.3 Å². The average molecular weight is 498 g/mol.